The molecule has 0 bridgehead atoms. The van der Waals surface area contributed by atoms with Crippen molar-refractivity contribution in [2.24, 2.45) is 22.2 Å². The van der Waals surface area contributed by atoms with Crippen molar-refractivity contribution in [3.05, 3.63) is 129 Å². The van der Waals surface area contributed by atoms with Gasteiger partial charge in [0.25, 0.3) is 0 Å². The molecule has 0 N–H and O–H groups in total. The molecule has 42 heavy (non-hydrogen) atoms. The lowest BCUT2D eigenvalue weighted by atomic mass is 9.40. The third-order valence-corrected chi connectivity index (χ3v) is 12.3. The third-order valence-electron chi connectivity index (χ3n) is 12.3. The van der Waals surface area contributed by atoms with Crippen LogP contribution in [0.2, 0.25) is 0 Å². The van der Waals surface area contributed by atoms with Gasteiger partial charge in [-0.3, -0.25) is 0 Å². The normalized spacial score (nSPS) is 30.5. The zero-order valence-electron chi connectivity index (χ0n) is 27.6. The first kappa shape index (κ1) is 29.0. The summed E-state index contributed by atoms with van der Waals surface area (Å²) in [4.78, 5) is 0. The molecule has 4 aliphatic carbocycles. The van der Waals surface area contributed by atoms with Gasteiger partial charge in [0.1, 0.15) is 0 Å². The average Bonchev–Trinajstić information content (AvgIpc) is 3.36. The van der Waals surface area contributed by atoms with Crippen molar-refractivity contribution in [2.45, 2.75) is 94.4 Å². The van der Waals surface area contributed by atoms with Gasteiger partial charge in [0.05, 0.1) is 0 Å². The quantitative estimate of drug-likeness (QED) is 0.352. The van der Waals surface area contributed by atoms with E-state index >= 15 is 0 Å². The monoisotopic (exact) mass is 554 g/mol. The van der Waals surface area contributed by atoms with Gasteiger partial charge in [0, 0.05) is 5.41 Å². The number of hydrogen-bond acceptors (Lipinski definition) is 0. The molecule has 4 unspecified atom stereocenters. The van der Waals surface area contributed by atoms with Gasteiger partial charge in [0.2, 0.25) is 0 Å². The fraction of sp³-hybridized carbons (Fsp3) is 0.429. The highest BCUT2D eigenvalue weighted by atomic mass is 14.6. The molecule has 0 amide bonds. The molecule has 0 saturated carbocycles. The van der Waals surface area contributed by atoms with E-state index in [-0.39, 0.29) is 16.2 Å². The first-order chi connectivity index (χ1) is 19.7. The van der Waals surface area contributed by atoms with Crippen LogP contribution in [-0.2, 0) is 12.8 Å². The summed E-state index contributed by atoms with van der Waals surface area (Å²) in [5.41, 5.74) is 20.4. The van der Waals surface area contributed by atoms with Gasteiger partial charge < -0.3 is 0 Å². The lowest BCUT2D eigenvalue weighted by Gasteiger charge is -2.63. The lowest BCUT2D eigenvalue weighted by Crippen LogP contribution is -2.54. The van der Waals surface area contributed by atoms with Gasteiger partial charge in [-0.1, -0.05) is 117 Å². The second kappa shape index (κ2) is 9.70. The smallest absolute Gasteiger partial charge is 0.00103 e. The van der Waals surface area contributed by atoms with Crippen LogP contribution in [0.15, 0.2) is 95.1 Å². The molecule has 0 spiro atoms. The van der Waals surface area contributed by atoms with E-state index in [1.54, 1.807) is 16.7 Å². The summed E-state index contributed by atoms with van der Waals surface area (Å²) in [6.07, 6.45) is 10.3. The second-order valence-electron chi connectivity index (χ2n) is 15.1. The fourth-order valence-electron chi connectivity index (χ4n) is 10.2. The van der Waals surface area contributed by atoms with Crippen molar-refractivity contribution >= 4 is 11.1 Å². The Labute approximate surface area is 255 Å². The topological polar surface area (TPSA) is 0 Å². The molecule has 0 heterocycles. The Hall–Kier alpha value is -3.12. The van der Waals surface area contributed by atoms with Crippen LogP contribution in [0.5, 0.6) is 0 Å². The molecule has 4 aliphatic rings. The maximum atomic E-state index is 4.90. The number of benzene rings is 2. The van der Waals surface area contributed by atoms with E-state index in [4.69, 9.17) is 6.58 Å². The minimum absolute atomic E-state index is 0.0777. The molecular formula is C42H50. The molecule has 0 heteroatoms. The van der Waals surface area contributed by atoms with Crippen LogP contribution in [0.1, 0.15) is 101 Å². The van der Waals surface area contributed by atoms with Crippen molar-refractivity contribution in [3.63, 3.8) is 0 Å². The third kappa shape index (κ3) is 4.08. The standard InChI is InChI=1S/C42H50/c1-25(2)37-27(4)22-41(10)24-40(9)23-36-19-18-34(20-32-14-17-35(21-32)33-15-12-26(3)13-16-33)28(5)38(36)29(6)39(40)31(8)42(41,11)30(37)7/h12-13,15-19,21,30H,1,6,14,20,22-24H2,2-5,7-11H3. The van der Waals surface area contributed by atoms with Crippen molar-refractivity contribution in [2.75, 3.05) is 0 Å². The first-order valence-electron chi connectivity index (χ1n) is 16.1. The van der Waals surface area contributed by atoms with Gasteiger partial charge in [0.15, 0.2) is 0 Å². The summed E-state index contributed by atoms with van der Waals surface area (Å²) in [6.45, 7) is 31.0. The van der Waals surface area contributed by atoms with Crippen LogP contribution in [0.25, 0.3) is 11.1 Å². The van der Waals surface area contributed by atoms with Crippen LogP contribution < -0.4 is 0 Å². The van der Waals surface area contributed by atoms with Gasteiger partial charge in [-0.2, -0.15) is 0 Å². The van der Waals surface area contributed by atoms with Gasteiger partial charge in [-0.15, -0.1) is 0 Å². The van der Waals surface area contributed by atoms with Gasteiger partial charge in [-0.05, 0) is 134 Å². The second-order valence-corrected chi connectivity index (χ2v) is 15.1. The Morgan fingerprint density at radius 3 is 2.31 bits per heavy atom. The minimum atomic E-state index is 0.0777. The van der Waals surface area contributed by atoms with E-state index in [9.17, 15) is 0 Å². The molecule has 0 radical (unpaired) electrons. The van der Waals surface area contributed by atoms with Crippen LogP contribution >= 0.6 is 0 Å². The highest BCUT2D eigenvalue weighted by Gasteiger charge is 2.60. The summed E-state index contributed by atoms with van der Waals surface area (Å²) < 4.78 is 0. The van der Waals surface area contributed by atoms with Crippen LogP contribution in [0, 0.1) is 36.0 Å². The summed E-state index contributed by atoms with van der Waals surface area (Å²) >= 11 is 0. The predicted octanol–water partition coefficient (Wildman–Crippen LogP) is 11.5. The Kier molecular flexibility index (Phi) is 6.69. The summed E-state index contributed by atoms with van der Waals surface area (Å²) in [7, 11) is 0. The van der Waals surface area contributed by atoms with E-state index in [1.807, 2.05) is 0 Å². The molecule has 2 aromatic rings. The number of rotatable bonds is 4. The van der Waals surface area contributed by atoms with Crippen molar-refractivity contribution in [1.29, 1.82) is 0 Å². The Morgan fingerprint density at radius 1 is 0.952 bits per heavy atom. The van der Waals surface area contributed by atoms with Crippen LogP contribution in [0.3, 0.4) is 0 Å². The predicted molar refractivity (Wildman–Crippen MR) is 182 cm³/mol. The molecule has 6 rings (SSSR count). The number of fused-ring (bicyclic) bond motifs is 3. The average molecular weight is 555 g/mol. The van der Waals surface area contributed by atoms with Crippen molar-refractivity contribution in [3.8, 4) is 0 Å². The van der Waals surface area contributed by atoms with E-state index in [0.717, 1.165) is 25.7 Å². The number of allylic oxidation sites excluding steroid dienone is 10. The molecular weight excluding hydrogens is 504 g/mol. The number of hydrogen-bond donors (Lipinski definition) is 0. The molecule has 0 nitrogen and oxygen atoms in total. The summed E-state index contributed by atoms with van der Waals surface area (Å²) in [6, 6.07) is 13.8. The molecule has 0 fully saturated rings. The molecule has 2 aromatic carbocycles. The molecule has 0 aliphatic heterocycles. The Balaban J connectivity index is 1.38. The van der Waals surface area contributed by atoms with E-state index in [2.05, 4.69) is 117 Å². The van der Waals surface area contributed by atoms with Crippen molar-refractivity contribution in [1.82, 2.24) is 0 Å². The summed E-state index contributed by atoms with van der Waals surface area (Å²) in [5.74, 6) is 0.442. The van der Waals surface area contributed by atoms with E-state index < -0.39 is 0 Å². The maximum Gasteiger partial charge on any atom is 0.00103 e. The van der Waals surface area contributed by atoms with Crippen molar-refractivity contribution < 1.29 is 0 Å². The highest BCUT2D eigenvalue weighted by Crippen LogP contribution is 2.70. The van der Waals surface area contributed by atoms with Crippen LogP contribution in [-0.4, -0.2) is 0 Å². The SMILES string of the molecule is C=C(C)C1=C(C)CC2(C)CC3(C)Cc4ccc(CC5=CC(c6ccc(C)cc6)=CC5)c(C)c4C(=C)C3=C(C)C2(C)C1C. The Morgan fingerprint density at radius 2 is 1.64 bits per heavy atom. The van der Waals surface area contributed by atoms with Gasteiger partial charge >= 0.3 is 0 Å². The fourth-order valence-corrected chi connectivity index (χ4v) is 10.2. The van der Waals surface area contributed by atoms with Crippen LogP contribution in [0.4, 0.5) is 0 Å². The van der Waals surface area contributed by atoms with E-state index in [0.29, 0.717) is 5.92 Å². The number of aryl methyl sites for hydroxylation is 1. The van der Waals surface area contributed by atoms with E-state index in [1.165, 1.54) is 67.7 Å². The minimum Gasteiger partial charge on any atom is -0.0958 e. The zero-order chi connectivity index (χ0) is 30.4. The zero-order valence-corrected chi connectivity index (χ0v) is 27.6. The molecule has 4 atom stereocenters. The molecule has 0 aromatic heterocycles. The largest absolute Gasteiger partial charge is 0.0958 e. The molecule has 218 valence electrons. The van der Waals surface area contributed by atoms with Gasteiger partial charge in [-0.25, -0.2) is 0 Å². The first-order valence-corrected chi connectivity index (χ1v) is 16.1. The lowest BCUT2D eigenvalue weighted by molar-refractivity contribution is -0.00610. The highest BCUT2D eigenvalue weighted by molar-refractivity contribution is 5.86. The molecule has 0 saturated heterocycles. The summed E-state index contributed by atoms with van der Waals surface area (Å²) in [5, 5.41) is 0. The Bertz CT molecular complexity index is 1660. The maximum absolute atomic E-state index is 4.90.